The Morgan fingerprint density at radius 1 is 0.326 bits per heavy atom. The third kappa shape index (κ3) is 2.83. The van der Waals surface area contributed by atoms with Crippen molar-refractivity contribution in [3.8, 4) is 56.0 Å². The van der Waals surface area contributed by atoms with Gasteiger partial charge in [0, 0.05) is 10.9 Å². The summed E-state index contributed by atoms with van der Waals surface area (Å²) in [5.41, 5.74) is 15.3. The van der Waals surface area contributed by atoms with Crippen LogP contribution in [0.25, 0.3) is 66.1 Å². The van der Waals surface area contributed by atoms with Crippen LogP contribution >= 0.6 is 0 Å². The summed E-state index contributed by atoms with van der Waals surface area (Å²) in [5.74, 6) is 1.83. The van der Waals surface area contributed by atoms with Crippen LogP contribution in [-0.4, -0.2) is 0 Å². The molecule has 1 aliphatic heterocycles. The van der Waals surface area contributed by atoms with E-state index in [1.807, 2.05) is 6.07 Å². The van der Waals surface area contributed by atoms with Crippen molar-refractivity contribution in [2.24, 2.45) is 0 Å². The van der Waals surface area contributed by atoms with E-state index in [-0.39, 0.29) is 0 Å². The monoisotopic (exact) mass is 582 g/mol. The van der Waals surface area contributed by atoms with Gasteiger partial charge in [-0.05, 0) is 89.5 Å². The molecule has 11 rings (SSSR count). The molecule has 1 unspecified atom stereocenters. The van der Waals surface area contributed by atoms with Gasteiger partial charge in [-0.15, -0.1) is 0 Å². The van der Waals surface area contributed by atoms with Gasteiger partial charge in [-0.2, -0.15) is 0 Å². The molecule has 3 aliphatic rings. The second kappa shape index (κ2) is 8.62. The highest BCUT2D eigenvalue weighted by Crippen LogP contribution is 2.65. The third-order valence-electron chi connectivity index (χ3n) is 10.7. The fourth-order valence-corrected chi connectivity index (χ4v) is 9.00. The molecule has 1 heterocycles. The summed E-state index contributed by atoms with van der Waals surface area (Å²) in [6, 6.07) is 58.2. The summed E-state index contributed by atoms with van der Waals surface area (Å²) in [5, 5.41) is 4.99. The molecule has 2 aliphatic carbocycles. The van der Waals surface area contributed by atoms with Gasteiger partial charge < -0.3 is 4.74 Å². The summed E-state index contributed by atoms with van der Waals surface area (Å²) < 4.78 is 6.48. The van der Waals surface area contributed by atoms with Gasteiger partial charge in [0.15, 0.2) is 0 Å². The van der Waals surface area contributed by atoms with E-state index in [0.29, 0.717) is 0 Å². The summed E-state index contributed by atoms with van der Waals surface area (Å²) >= 11 is 0. The van der Waals surface area contributed by atoms with Crippen LogP contribution in [-0.2, 0) is 5.41 Å². The standard InChI is InChI=1S/C45H26O/c1-2-12-28-27(11-1)23-25-39-42(28)34-14-3-6-19-36(34)45(39)37-20-7-4-15-35(37)43-31(18-10-21-38(43)45)29-24-26-41-44-32(29)16-9-17-33(44)30-13-5-8-22-40(30)46-41/h1-26H. The number of hydrogen-bond acceptors (Lipinski definition) is 1. The highest BCUT2D eigenvalue weighted by molar-refractivity contribution is 6.13. The Morgan fingerprint density at radius 2 is 0.935 bits per heavy atom. The highest BCUT2D eigenvalue weighted by Gasteiger charge is 2.52. The topological polar surface area (TPSA) is 9.23 Å². The first-order valence-corrected chi connectivity index (χ1v) is 16.0. The first-order valence-electron chi connectivity index (χ1n) is 16.0. The third-order valence-corrected chi connectivity index (χ3v) is 10.7. The van der Waals surface area contributed by atoms with Gasteiger partial charge in [0.1, 0.15) is 11.5 Å². The molecule has 0 aromatic heterocycles. The predicted octanol–water partition coefficient (Wildman–Crippen LogP) is 11.8. The van der Waals surface area contributed by atoms with Crippen LogP contribution in [0.3, 0.4) is 0 Å². The molecule has 1 nitrogen and oxygen atoms in total. The molecular weight excluding hydrogens is 556 g/mol. The van der Waals surface area contributed by atoms with E-state index in [2.05, 4.69) is 152 Å². The molecule has 1 atom stereocenters. The molecule has 46 heavy (non-hydrogen) atoms. The lowest BCUT2D eigenvalue weighted by atomic mass is 9.70. The van der Waals surface area contributed by atoms with Crippen molar-refractivity contribution in [3.63, 3.8) is 0 Å². The largest absolute Gasteiger partial charge is 0.456 e. The van der Waals surface area contributed by atoms with Gasteiger partial charge >= 0.3 is 0 Å². The fourth-order valence-electron chi connectivity index (χ4n) is 9.00. The molecule has 0 fully saturated rings. The number of fused-ring (bicyclic) bond motifs is 14. The van der Waals surface area contributed by atoms with Crippen molar-refractivity contribution in [1.29, 1.82) is 0 Å². The number of ether oxygens (including phenoxy) is 1. The Morgan fingerprint density at radius 3 is 1.80 bits per heavy atom. The predicted molar refractivity (Wildman–Crippen MR) is 189 cm³/mol. The number of hydrogen-bond donors (Lipinski definition) is 0. The molecule has 0 radical (unpaired) electrons. The molecule has 1 heteroatoms. The average molecular weight is 583 g/mol. The normalized spacial score (nSPS) is 16.1. The smallest absolute Gasteiger partial charge is 0.135 e. The van der Waals surface area contributed by atoms with Gasteiger partial charge in [-0.3, -0.25) is 0 Å². The Balaban J connectivity index is 1.26. The van der Waals surface area contributed by atoms with Gasteiger partial charge in [0.25, 0.3) is 0 Å². The van der Waals surface area contributed by atoms with E-state index >= 15 is 0 Å². The van der Waals surface area contributed by atoms with Gasteiger partial charge in [-0.25, -0.2) is 0 Å². The van der Waals surface area contributed by atoms with Gasteiger partial charge in [-0.1, -0.05) is 146 Å². The second-order valence-corrected chi connectivity index (χ2v) is 12.7. The molecule has 0 N–H and O–H groups in total. The van der Waals surface area contributed by atoms with Gasteiger partial charge in [0.05, 0.1) is 5.41 Å². The van der Waals surface area contributed by atoms with Crippen LogP contribution in [0.2, 0.25) is 0 Å². The van der Waals surface area contributed by atoms with E-state index in [1.165, 1.54) is 82.7 Å². The number of para-hydroxylation sites is 1. The van der Waals surface area contributed by atoms with Crippen molar-refractivity contribution in [2.45, 2.75) is 5.41 Å². The maximum Gasteiger partial charge on any atom is 0.135 e. The molecule has 0 amide bonds. The maximum absolute atomic E-state index is 6.48. The number of benzene rings is 8. The number of rotatable bonds is 1. The van der Waals surface area contributed by atoms with Crippen molar-refractivity contribution in [1.82, 2.24) is 0 Å². The minimum atomic E-state index is -0.397. The molecule has 0 saturated heterocycles. The fraction of sp³-hybridized carbons (Fsp3) is 0.0222. The highest BCUT2D eigenvalue weighted by atomic mass is 16.5. The maximum atomic E-state index is 6.48. The Bertz CT molecular complexity index is 2630. The minimum Gasteiger partial charge on any atom is -0.456 e. The first kappa shape index (κ1) is 24.4. The molecule has 0 saturated carbocycles. The molecule has 0 bridgehead atoms. The second-order valence-electron chi connectivity index (χ2n) is 12.7. The van der Waals surface area contributed by atoms with Crippen LogP contribution in [0.5, 0.6) is 11.5 Å². The van der Waals surface area contributed by atoms with E-state index in [1.54, 1.807) is 0 Å². The minimum absolute atomic E-state index is 0.397. The summed E-state index contributed by atoms with van der Waals surface area (Å²) in [7, 11) is 0. The Kier molecular flexibility index (Phi) is 4.57. The first-order chi connectivity index (χ1) is 22.8. The lowest BCUT2D eigenvalue weighted by Crippen LogP contribution is -2.25. The zero-order valence-electron chi connectivity index (χ0n) is 24.9. The zero-order chi connectivity index (χ0) is 30.0. The van der Waals surface area contributed by atoms with E-state index in [4.69, 9.17) is 4.74 Å². The lowest BCUT2D eigenvalue weighted by Gasteiger charge is -2.30. The summed E-state index contributed by atoms with van der Waals surface area (Å²) in [6.07, 6.45) is 0. The van der Waals surface area contributed by atoms with E-state index in [9.17, 15) is 0 Å². The molecule has 212 valence electrons. The van der Waals surface area contributed by atoms with Crippen molar-refractivity contribution < 1.29 is 4.74 Å². The molecule has 1 spiro atoms. The van der Waals surface area contributed by atoms with Crippen LogP contribution in [0.4, 0.5) is 0 Å². The zero-order valence-corrected chi connectivity index (χ0v) is 24.9. The summed E-state index contributed by atoms with van der Waals surface area (Å²) in [4.78, 5) is 0. The SMILES string of the molecule is c1ccc2c(c1)Oc1ccc(-c3cccc4c3-c3ccccc3C43c4ccccc4-c4c3ccc3ccccc43)c3cccc-2c13. The lowest BCUT2D eigenvalue weighted by molar-refractivity contribution is 0.487. The van der Waals surface area contributed by atoms with Crippen LogP contribution in [0, 0.1) is 0 Å². The van der Waals surface area contributed by atoms with E-state index in [0.717, 1.165) is 17.1 Å². The Hall–Kier alpha value is -5.92. The average Bonchev–Trinajstić information content (AvgIpc) is 3.60. The molecule has 8 aromatic carbocycles. The molecular formula is C45H26O. The molecule has 8 aromatic rings. The quantitative estimate of drug-likeness (QED) is 0.187. The van der Waals surface area contributed by atoms with Crippen molar-refractivity contribution in [3.05, 3.63) is 180 Å². The Labute approximate surface area is 267 Å². The van der Waals surface area contributed by atoms with Crippen molar-refractivity contribution >= 4 is 21.5 Å². The van der Waals surface area contributed by atoms with Gasteiger partial charge in [0.2, 0.25) is 0 Å². The van der Waals surface area contributed by atoms with E-state index < -0.39 is 5.41 Å². The van der Waals surface area contributed by atoms with Crippen LogP contribution in [0.1, 0.15) is 22.3 Å². The summed E-state index contributed by atoms with van der Waals surface area (Å²) in [6.45, 7) is 0. The van der Waals surface area contributed by atoms with Crippen molar-refractivity contribution in [2.75, 3.05) is 0 Å². The van der Waals surface area contributed by atoms with Crippen LogP contribution < -0.4 is 4.74 Å². The van der Waals surface area contributed by atoms with Crippen LogP contribution in [0.15, 0.2) is 158 Å².